The fourth-order valence-electron chi connectivity index (χ4n) is 2.61. The van der Waals surface area contributed by atoms with Gasteiger partial charge in [0, 0.05) is 26.1 Å². The first-order chi connectivity index (χ1) is 11.6. The summed E-state index contributed by atoms with van der Waals surface area (Å²) in [7, 11) is 0. The first-order valence-corrected chi connectivity index (χ1v) is 7.79. The van der Waals surface area contributed by atoms with Gasteiger partial charge < -0.3 is 24.9 Å². The molecule has 1 N–H and O–H groups in total. The maximum atomic E-state index is 12.0. The van der Waals surface area contributed by atoms with Gasteiger partial charge in [-0.15, -0.1) is 0 Å². The minimum atomic E-state index is -0.565. The fourth-order valence-corrected chi connectivity index (χ4v) is 2.61. The quantitative estimate of drug-likeness (QED) is 0.639. The number of pyridine rings is 1. The standard InChI is InChI=1S/C15H18N6O3/c22-15(5-8-19-10-14(17-11-19)21(23)24)18-12-3-4-13(16-9-12)20-6-1-2-7-20/h3-4,9-11H,1-2,5-8H2,(H,18,22). The van der Waals surface area contributed by atoms with E-state index in [1.54, 1.807) is 6.20 Å². The Morgan fingerprint density at radius 2 is 2.08 bits per heavy atom. The third kappa shape index (κ3) is 3.86. The van der Waals surface area contributed by atoms with E-state index in [9.17, 15) is 14.9 Å². The van der Waals surface area contributed by atoms with Crippen LogP contribution in [0.3, 0.4) is 0 Å². The molecule has 1 saturated heterocycles. The molecule has 0 radical (unpaired) electrons. The van der Waals surface area contributed by atoms with Gasteiger partial charge in [-0.25, -0.2) is 4.98 Å². The number of amides is 1. The molecule has 9 heteroatoms. The highest BCUT2D eigenvalue weighted by atomic mass is 16.6. The van der Waals surface area contributed by atoms with Gasteiger partial charge in [0.15, 0.2) is 0 Å². The Balaban J connectivity index is 1.49. The number of rotatable bonds is 6. The number of nitro groups is 1. The van der Waals surface area contributed by atoms with E-state index in [1.807, 2.05) is 12.1 Å². The molecule has 2 aromatic heterocycles. The van der Waals surface area contributed by atoms with Crippen molar-refractivity contribution in [2.45, 2.75) is 25.8 Å². The van der Waals surface area contributed by atoms with Crippen LogP contribution >= 0.6 is 0 Å². The van der Waals surface area contributed by atoms with E-state index in [0.29, 0.717) is 12.2 Å². The first-order valence-electron chi connectivity index (χ1n) is 7.79. The van der Waals surface area contributed by atoms with Crippen molar-refractivity contribution in [1.82, 2.24) is 14.5 Å². The molecule has 126 valence electrons. The highest BCUT2D eigenvalue weighted by Crippen LogP contribution is 2.19. The van der Waals surface area contributed by atoms with Gasteiger partial charge in [0.25, 0.3) is 0 Å². The predicted octanol–water partition coefficient (Wildman–Crippen LogP) is 1.82. The zero-order valence-electron chi connectivity index (χ0n) is 13.1. The van der Waals surface area contributed by atoms with Gasteiger partial charge in [-0.05, 0) is 34.9 Å². The SMILES string of the molecule is O=C(CCn1cnc([N+](=O)[O-])c1)Nc1ccc(N2CCCC2)nc1. The van der Waals surface area contributed by atoms with Crippen molar-refractivity contribution in [1.29, 1.82) is 0 Å². The van der Waals surface area contributed by atoms with Crippen molar-refractivity contribution >= 4 is 23.2 Å². The van der Waals surface area contributed by atoms with Crippen molar-refractivity contribution in [3.8, 4) is 0 Å². The number of carbonyl (C=O) groups excluding carboxylic acids is 1. The molecule has 1 fully saturated rings. The van der Waals surface area contributed by atoms with Crippen LogP contribution in [0.1, 0.15) is 19.3 Å². The van der Waals surface area contributed by atoms with E-state index in [2.05, 4.69) is 20.2 Å². The molecule has 0 unspecified atom stereocenters. The maximum absolute atomic E-state index is 12.0. The number of aryl methyl sites for hydroxylation is 1. The van der Waals surface area contributed by atoms with Crippen LogP contribution in [0.5, 0.6) is 0 Å². The van der Waals surface area contributed by atoms with E-state index in [0.717, 1.165) is 18.9 Å². The summed E-state index contributed by atoms with van der Waals surface area (Å²) in [4.78, 5) is 32.2. The van der Waals surface area contributed by atoms with Gasteiger partial charge in [0.1, 0.15) is 12.0 Å². The number of aromatic nitrogens is 3. The number of nitrogens with one attached hydrogen (secondary N) is 1. The van der Waals surface area contributed by atoms with Crippen LogP contribution in [0.25, 0.3) is 0 Å². The lowest BCUT2D eigenvalue weighted by Crippen LogP contribution is -2.19. The molecule has 3 rings (SSSR count). The molecule has 0 atom stereocenters. The fraction of sp³-hybridized carbons (Fsp3) is 0.400. The second-order valence-corrected chi connectivity index (χ2v) is 5.62. The lowest BCUT2D eigenvalue weighted by molar-refractivity contribution is -0.389. The zero-order chi connectivity index (χ0) is 16.9. The lowest BCUT2D eigenvalue weighted by atomic mass is 10.3. The Morgan fingerprint density at radius 3 is 2.71 bits per heavy atom. The molecule has 9 nitrogen and oxygen atoms in total. The summed E-state index contributed by atoms with van der Waals surface area (Å²) in [5.41, 5.74) is 0.638. The average Bonchev–Trinajstić information content (AvgIpc) is 3.25. The molecule has 0 saturated carbocycles. The highest BCUT2D eigenvalue weighted by molar-refractivity contribution is 5.90. The molecule has 1 amide bonds. The Morgan fingerprint density at radius 1 is 1.29 bits per heavy atom. The number of nitrogens with zero attached hydrogens (tertiary/aromatic N) is 5. The number of hydrogen-bond donors (Lipinski definition) is 1. The third-order valence-corrected chi connectivity index (χ3v) is 3.87. The summed E-state index contributed by atoms with van der Waals surface area (Å²) < 4.78 is 1.52. The minimum Gasteiger partial charge on any atom is -0.358 e. The third-order valence-electron chi connectivity index (χ3n) is 3.87. The monoisotopic (exact) mass is 330 g/mol. The summed E-state index contributed by atoms with van der Waals surface area (Å²) in [6, 6.07) is 3.74. The Kier molecular flexibility index (Phi) is 4.69. The van der Waals surface area contributed by atoms with Crippen molar-refractivity contribution in [2.75, 3.05) is 23.3 Å². The topological polar surface area (TPSA) is 106 Å². The number of carbonyl (C=O) groups is 1. The Labute approximate surface area is 138 Å². The van der Waals surface area contributed by atoms with Crippen molar-refractivity contribution in [2.24, 2.45) is 0 Å². The summed E-state index contributed by atoms with van der Waals surface area (Å²) >= 11 is 0. The molecule has 0 aliphatic carbocycles. The van der Waals surface area contributed by atoms with E-state index < -0.39 is 4.92 Å². The van der Waals surface area contributed by atoms with Crippen LogP contribution < -0.4 is 10.2 Å². The molecule has 1 aliphatic heterocycles. The molecule has 0 spiro atoms. The van der Waals surface area contributed by atoms with E-state index in [-0.39, 0.29) is 18.1 Å². The average molecular weight is 330 g/mol. The van der Waals surface area contributed by atoms with E-state index in [4.69, 9.17) is 0 Å². The van der Waals surface area contributed by atoms with Crippen LogP contribution in [0.15, 0.2) is 30.9 Å². The zero-order valence-corrected chi connectivity index (χ0v) is 13.1. The van der Waals surface area contributed by atoms with Gasteiger partial charge in [-0.2, -0.15) is 0 Å². The Hall–Kier alpha value is -2.97. The van der Waals surface area contributed by atoms with Crippen molar-refractivity contribution < 1.29 is 9.72 Å². The predicted molar refractivity (Wildman–Crippen MR) is 87.8 cm³/mol. The number of anilines is 2. The molecule has 0 aromatic carbocycles. The second kappa shape index (κ2) is 7.07. The second-order valence-electron chi connectivity index (χ2n) is 5.62. The van der Waals surface area contributed by atoms with Crippen molar-refractivity contribution in [3.63, 3.8) is 0 Å². The van der Waals surface area contributed by atoms with Crippen LogP contribution in [0, 0.1) is 10.1 Å². The summed E-state index contributed by atoms with van der Waals surface area (Å²) in [5, 5.41) is 13.3. The van der Waals surface area contributed by atoms with Crippen molar-refractivity contribution in [3.05, 3.63) is 41.0 Å². The molecular weight excluding hydrogens is 312 g/mol. The Bertz CT molecular complexity index is 721. The smallest absolute Gasteiger partial charge is 0.358 e. The molecule has 3 heterocycles. The minimum absolute atomic E-state index is 0.179. The number of imidazole rings is 1. The summed E-state index contributed by atoms with van der Waals surface area (Å²) in [6.45, 7) is 2.37. The van der Waals surface area contributed by atoms with Gasteiger partial charge in [0.05, 0.1) is 11.9 Å². The molecule has 1 aliphatic rings. The van der Waals surface area contributed by atoms with Crippen LogP contribution in [0.2, 0.25) is 0 Å². The molecule has 24 heavy (non-hydrogen) atoms. The van der Waals surface area contributed by atoms with E-state index in [1.165, 1.54) is 29.9 Å². The molecule has 0 bridgehead atoms. The van der Waals surface area contributed by atoms with Gasteiger partial charge in [0.2, 0.25) is 12.2 Å². The summed E-state index contributed by atoms with van der Waals surface area (Å²) in [5.74, 6) is 0.524. The van der Waals surface area contributed by atoms with E-state index >= 15 is 0 Å². The van der Waals surface area contributed by atoms with Crippen LogP contribution in [0.4, 0.5) is 17.3 Å². The van der Waals surface area contributed by atoms with Gasteiger partial charge in [-0.3, -0.25) is 4.79 Å². The van der Waals surface area contributed by atoms with Crippen LogP contribution in [-0.4, -0.2) is 38.5 Å². The number of hydrogen-bond acceptors (Lipinski definition) is 6. The van der Waals surface area contributed by atoms with Crippen LogP contribution in [-0.2, 0) is 11.3 Å². The molecule has 2 aromatic rings. The van der Waals surface area contributed by atoms with Gasteiger partial charge >= 0.3 is 5.82 Å². The lowest BCUT2D eigenvalue weighted by Gasteiger charge is -2.16. The first kappa shape index (κ1) is 15.9. The molecular formula is C15H18N6O3. The van der Waals surface area contributed by atoms with Gasteiger partial charge in [-0.1, -0.05) is 0 Å². The maximum Gasteiger partial charge on any atom is 0.381 e. The normalized spacial score (nSPS) is 13.9. The highest BCUT2D eigenvalue weighted by Gasteiger charge is 2.14. The summed E-state index contributed by atoms with van der Waals surface area (Å²) in [6.07, 6.45) is 6.87. The largest absolute Gasteiger partial charge is 0.381 e.